The van der Waals surface area contributed by atoms with Crippen molar-refractivity contribution in [3.05, 3.63) is 59.9 Å². The van der Waals surface area contributed by atoms with Crippen LogP contribution in [0.4, 0.5) is 15.9 Å². The third kappa shape index (κ3) is 3.46. The lowest BCUT2D eigenvalue weighted by atomic mass is 10.1. The lowest BCUT2D eigenvalue weighted by molar-refractivity contribution is 0.411. The van der Waals surface area contributed by atoms with Crippen molar-refractivity contribution >= 4 is 34.5 Å². The Morgan fingerprint density at radius 1 is 1.14 bits per heavy atom. The summed E-state index contributed by atoms with van der Waals surface area (Å²) in [5.74, 6) is 0.825. The molecule has 0 fully saturated rings. The van der Waals surface area contributed by atoms with Gasteiger partial charge in [-0.3, -0.25) is 5.10 Å². The highest BCUT2D eigenvalue weighted by Crippen LogP contribution is 2.30. The van der Waals surface area contributed by atoms with Gasteiger partial charge in [0.25, 0.3) is 0 Å². The van der Waals surface area contributed by atoms with Crippen LogP contribution in [0.1, 0.15) is 5.56 Å². The third-order valence-electron chi connectivity index (χ3n) is 4.35. The summed E-state index contributed by atoms with van der Waals surface area (Å²) in [6.45, 7) is 1.98. The summed E-state index contributed by atoms with van der Waals surface area (Å²) in [5, 5.41) is 7.75. The van der Waals surface area contributed by atoms with E-state index in [9.17, 15) is 4.39 Å². The minimum Gasteiger partial charge on any atom is -0.497 e. The largest absolute Gasteiger partial charge is 0.497 e. The zero-order valence-corrected chi connectivity index (χ0v) is 16.1. The number of fused-ring (bicyclic) bond motifs is 1. The monoisotopic (exact) mass is 395 g/mol. The number of hydrogen-bond donors (Lipinski definition) is 3. The van der Waals surface area contributed by atoms with Crippen LogP contribution < -0.4 is 15.2 Å². The van der Waals surface area contributed by atoms with Gasteiger partial charge < -0.3 is 15.2 Å². The Labute approximate surface area is 165 Å². The molecule has 6 nitrogen and oxygen atoms in total. The predicted molar refractivity (Wildman–Crippen MR) is 111 cm³/mol. The molecule has 2 heterocycles. The summed E-state index contributed by atoms with van der Waals surface area (Å²) in [7, 11) is 1.55. The van der Waals surface area contributed by atoms with E-state index in [0.717, 1.165) is 27.9 Å². The normalized spacial score (nSPS) is 11.0. The predicted octanol–water partition coefficient (Wildman–Crippen LogP) is 4.78. The second kappa shape index (κ2) is 7.40. The number of benzene rings is 2. The molecule has 4 aromatic rings. The van der Waals surface area contributed by atoms with Gasteiger partial charge in [-0.25, -0.2) is 9.37 Å². The van der Waals surface area contributed by atoms with Crippen LogP contribution in [-0.4, -0.2) is 22.3 Å². The minimum atomic E-state index is -0.304. The molecule has 0 atom stereocenters. The molecule has 0 saturated carbocycles. The van der Waals surface area contributed by atoms with Gasteiger partial charge in [0.2, 0.25) is 0 Å². The Morgan fingerprint density at radius 2 is 1.93 bits per heavy atom. The Kier molecular flexibility index (Phi) is 4.79. The Bertz CT molecular complexity index is 1140. The van der Waals surface area contributed by atoms with E-state index in [1.54, 1.807) is 19.2 Å². The zero-order chi connectivity index (χ0) is 19.7. The van der Waals surface area contributed by atoms with Gasteiger partial charge in [-0.05, 0) is 60.8 Å². The Morgan fingerprint density at radius 3 is 2.68 bits per heavy atom. The van der Waals surface area contributed by atoms with E-state index in [0.29, 0.717) is 22.1 Å². The van der Waals surface area contributed by atoms with Crippen LogP contribution in [0.15, 0.2) is 53.4 Å². The molecular formula is C20H18FN5OS. The maximum Gasteiger partial charge on any atom is 0.183 e. The van der Waals surface area contributed by atoms with Crippen molar-refractivity contribution in [1.82, 2.24) is 15.2 Å². The zero-order valence-electron chi connectivity index (χ0n) is 15.3. The van der Waals surface area contributed by atoms with Gasteiger partial charge in [0, 0.05) is 11.3 Å². The van der Waals surface area contributed by atoms with Crippen LogP contribution in [-0.2, 0) is 0 Å². The van der Waals surface area contributed by atoms with E-state index in [-0.39, 0.29) is 5.82 Å². The molecule has 0 spiro atoms. The summed E-state index contributed by atoms with van der Waals surface area (Å²) in [5.41, 5.74) is 10.1. The van der Waals surface area contributed by atoms with Crippen LogP contribution in [0.25, 0.3) is 22.3 Å². The fourth-order valence-corrected chi connectivity index (χ4v) is 3.60. The number of aromatic nitrogens is 3. The number of anilines is 2. The number of ether oxygens (including phenoxy) is 1. The summed E-state index contributed by atoms with van der Waals surface area (Å²) in [4.78, 5) is 5.03. The van der Waals surface area contributed by atoms with E-state index in [1.165, 1.54) is 18.0 Å². The number of methoxy groups -OCH3 is 1. The fraction of sp³-hybridized carbons (Fsp3) is 0.100. The molecule has 2 aromatic carbocycles. The van der Waals surface area contributed by atoms with Crippen molar-refractivity contribution in [3.63, 3.8) is 0 Å². The molecule has 0 radical (unpaired) electrons. The number of nitrogens with two attached hydrogens (primary N) is 1. The van der Waals surface area contributed by atoms with Crippen molar-refractivity contribution in [3.8, 4) is 17.0 Å². The number of nitrogen functional groups attached to an aromatic ring is 1. The molecule has 0 bridgehead atoms. The standard InChI is InChI=1S/C20H18FN5OS/c1-11-9-16(23-20-18(11)19(22)24-25-20)12-3-5-13(6-4-12)26-28-17-10-14(27-2)7-8-15(17)21/h3-10,26H,1-2H3,(H3,22,23,24,25). The number of hydrogen-bond acceptors (Lipinski definition) is 6. The molecule has 2 aromatic heterocycles. The average Bonchev–Trinajstić information content (AvgIpc) is 3.09. The van der Waals surface area contributed by atoms with Gasteiger partial charge in [-0.2, -0.15) is 5.10 Å². The summed E-state index contributed by atoms with van der Waals surface area (Å²) in [6.07, 6.45) is 0. The van der Waals surface area contributed by atoms with E-state index < -0.39 is 0 Å². The smallest absolute Gasteiger partial charge is 0.183 e. The van der Waals surface area contributed by atoms with Gasteiger partial charge in [-0.15, -0.1) is 0 Å². The molecule has 0 amide bonds. The van der Waals surface area contributed by atoms with Crippen LogP contribution in [0, 0.1) is 12.7 Å². The van der Waals surface area contributed by atoms with E-state index >= 15 is 0 Å². The molecule has 4 N–H and O–H groups in total. The molecule has 142 valence electrons. The second-order valence-electron chi connectivity index (χ2n) is 6.24. The van der Waals surface area contributed by atoms with Gasteiger partial charge >= 0.3 is 0 Å². The number of pyridine rings is 1. The molecule has 0 aliphatic heterocycles. The summed E-state index contributed by atoms with van der Waals surface area (Å²) in [6, 6.07) is 14.4. The highest BCUT2D eigenvalue weighted by atomic mass is 32.2. The number of nitrogens with one attached hydrogen (secondary N) is 2. The van der Waals surface area contributed by atoms with Gasteiger partial charge in [0.15, 0.2) is 5.65 Å². The minimum absolute atomic E-state index is 0.304. The summed E-state index contributed by atoms with van der Waals surface area (Å²) >= 11 is 1.19. The lowest BCUT2D eigenvalue weighted by Gasteiger charge is -2.09. The molecule has 28 heavy (non-hydrogen) atoms. The van der Waals surface area contributed by atoms with E-state index in [2.05, 4.69) is 19.9 Å². The van der Waals surface area contributed by atoms with Gasteiger partial charge in [0.1, 0.15) is 17.4 Å². The maximum atomic E-state index is 13.9. The molecule has 0 saturated heterocycles. The first-order chi connectivity index (χ1) is 13.5. The van der Waals surface area contributed by atoms with Crippen molar-refractivity contribution in [2.24, 2.45) is 0 Å². The van der Waals surface area contributed by atoms with Crippen LogP contribution in [0.2, 0.25) is 0 Å². The number of halogens is 1. The van der Waals surface area contributed by atoms with Gasteiger partial charge in [-0.1, -0.05) is 12.1 Å². The maximum absolute atomic E-state index is 13.9. The van der Waals surface area contributed by atoms with Crippen molar-refractivity contribution in [2.45, 2.75) is 11.8 Å². The Balaban J connectivity index is 1.53. The highest BCUT2D eigenvalue weighted by molar-refractivity contribution is 8.00. The number of nitrogens with zero attached hydrogens (tertiary/aromatic N) is 2. The van der Waals surface area contributed by atoms with Gasteiger partial charge in [0.05, 0.1) is 23.1 Å². The SMILES string of the molecule is COc1ccc(F)c(SNc2ccc(-c3cc(C)c4c(N)[nH]nc4n3)cc2)c1. The third-order valence-corrected chi connectivity index (χ3v) is 5.22. The second-order valence-corrected chi connectivity index (χ2v) is 7.09. The topological polar surface area (TPSA) is 88.9 Å². The first-order valence-corrected chi connectivity index (χ1v) is 9.35. The number of rotatable bonds is 5. The van der Waals surface area contributed by atoms with E-state index in [1.807, 2.05) is 37.3 Å². The quantitative estimate of drug-likeness (QED) is 0.421. The molecule has 0 aliphatic rings. The van der Waals surface area contributed by atoms with Crippen LogP contribution >= 0.6 is 11.9 Å². The molecule has 0 aliphatic carbocycles. The van der Waals surface area contributed by atoms with Crippen molar-refractivity contribution in [1.29, 1.82) is 0 Å². The van der Waals surface area contributed by atoms with E-state index in [4.69, 9.17) is 10.5 Å². The fourth-order valence-electron chi connectivity index (χ4n) is 2.90. The molecule has 0 unspecified atom stereocenters. The molecule has 8 heteroatoms. The number of aryl methyl sites for hydroxylation is 1. The van der Waals surface area contributed by atoms with Crippen molar-refractivity contribution in [2.75, 3.05) is 17.6 Å². The highest BCUT2D eigenvalue weighted by Gasteiger charge is 2.10. The average molecular weight is 395 g/mol. The summed E-state index contributed by atoms with van der Waals surface area (Å²) < 4.78 is 22.2. The van der Waals surface area contributed by atoms with Crippen LogP contribution in [0.3, 0.4) is 0 Å². The lowest BCUT2D eigenvalue weighted by Crippen LogP contribution is -1.92. The number of H-pyrrole nitrogens is 1. The first kappa shape index (κ1) is 18.1. The Hall–Kier alpha value is -3.26. The number of aromatic amines is 1. The van der Waals surface area contributed by atoms with Crippen molar-refractivity contribution < 1.29 is 9.13 Å². The molecule has 4 rings (SSSR count). The molecular weight excluding hydrogens is 377 g/mol. The first-order valence-electron chi connectivity index (χ1n) is 8.53. The van der Waals surface area contributed by atoms with Crippen LogP contribution in [0.5, 0.6) is 5.75 Å².